The minimum Gasteiger partial charge on any atom is -0.348 e. The molecule has 3 aromatic rings. The number of amides is 1. The van der Waals surface area contributed by atoms with E-state index in [1.165, 1.54) is 23.3 Å². The Balaban J connectivity index is 1.13. The summed E-state index contributed by atoms with van der Waals surface area (Å²) in [5.41, 5.74) is 1.18. The van der Waals surface area contributed by atoms with E-state index in [1.807, 2.05) is 13.1 Å². The molecule has 0 aromatic carbocycles. The van der Waals surface area contributed by atoms with Crippen molar-refractivity contribution in [2.75, 3.05) is 17.3 Å². The fourth-order valence-corrected chi connectivity index (χ4v) is 4.32. The van der Waals surface area contributed by atoms with Gasteiger partial charge in [-0.05, 0) is 49.8 Å². The van der Waals surface area contributed by atoms with E-state index in [2.05, 4.69) is 57.2 Å². The van der Waals surface area contributed by atoms with E-state index in [0.29, 0.717) is 30.1 Å². The Morgan fingerprint density at radius 1 is 1.21 bits per heavy atom. The van der Waals surface area contributed by atoms with E-state index in [1.54, 1.807) is 13.2 Å². The monoisotopic (exact) mass is 451 g/mol. The number of tetrazole rings is 1. The molecule has 12 heteroatoms. The van der Waals surface area contributed by atoms with Gasteiger partial charge >= 0.3 is 0 Å². The number of nitrogens with one attached hydrogen (secondary N) is 3. The second kappa shape index (κ2) is 9.12. The highest BCUT2D eigenvalue weighted by molar-refractivity contribution is 5.78. The average molecular weight is 452 g/mol. The third-order valence-corrected chi connectivity index (χ3v) is 6.42. The van der Waals surface area contributed by atoms with Gasteiger partial charge in [-0.3, -0.25) is 9.89 Å². The van der Waals surface area contributed by atoms with Crippen LogP contribution in [0.4, 0.5) is 17.6 Å². The summed E-state index contributed by atoms with van der Waals surface area (Å²) in [6.45, 7) is 0.304. The number of aromatic nitrogens is 8. The van der Waals surface area contributed by atoms with Crippen LogP contribution in [0.25, 0.3) is 0 Å². The number of carbonyl (C=O) groups excluding carboxylic acids is 1. The number of hydrogen-bond donors (Lipinski definition) is 3. The van der Waals surface area contributed by atoms with Gasteiger partial charge in [0, 0.05) is 42.9 Å². The van der Waals surface area contributed by atoms with Gasteiger partial charge in [-0.1, -0.05) is 0 Å². The van der Waals surface area contributed by atoms with E-state index >= 15 is 0 Å². The van der Waals surface area contributed by atoms with Crippen molar-refractivity contribution in [3.05, 3.63) is 29.8 Å². The number of hydrogen-bond acceptors (Lipinski definition) is 9. The molecule has 0 aliphatic heterocycles. The fourth-order valence-electron chi connectivity index (χ4n) is 4.32. The van der Waals surface area contributed by atoms with E-state index < -0.39 is 0 Å². The van der Waals surface area contributed by atoms with E-state index in [-0.39, 0.29) is 17.9 Å². The number of anilines is 3. The Hall–Kier alpha value is -3.57. The molecule has 0 atom stereocenters. The number of nitrogens with zero attached hydrogens (tertiary/aromatic N) is 8. The van der Waals surface area contributed by atoms with Crippen LogP contribution in [0, 0.1) is 5.92 Å². The molecule has 0 saturated heterocycles. The molecule has 12 nitrogen and oxygen atoms in total. The molecule has 3 aromatic heterocycles. The van der Waals surface area contributed by atoms with Crippen molar-refractivity contribution in [1.82, 2.24) is 45.7 Å². The summed E-state index contributed by atoms with van der Waals surface area (Å²) in [6.07, 6.45) is 7.68. The average Bonchev–Trinajstić information content (AvgIpc) is 3.44. The molecule has 0 radical (unpaired) electrons. The summed E-state index contributed by atoms with van der Waals surface area (Å²) in [5, 5.41) is 25.4. The summed E-state index contributed by atoms with van der Waals surface area (Å²) in [6, 6.07) is 4.18. The normalized spacial score (nSPS) is 20.4. The van der Waals surface area contributed by atoms with Gasteiger partial charge in [0.15, 0.2) is 11.6 Å². The minimum absolute atomic E-state index is 0.000527. The van der Waals surface area contributed by atoms with E-state index in [4.69, 9.17) is 0 Å². The quantitative estimate of drug-likeness (QED) is 0.466. The van der Waals surface area contributed by atoms with Gasteiger partial charge in [-0.25, -0.2) is 4.98 Å². The van der Waals surface area contributed by atoms with Crippen molar-refractivity contribution in [2.24, 2.45) is 13.0 Å². The Bertz CT molecular complexity index is 1100. The van der Waals surface area contributed by atoms with Crippen molar-refractivity contribution in [2.45, 2.75) is 57.0 Å². The highest BCUT2D eigenvalue weighted by Gasteiger charge is 2.29. The molecular weight excluding hydrogens is 422 g/mol. The molecule has 2 saturated carbocycles. The van der Waals surface area contributed by atoms with E-state index in [9.17, 15) is 4.79 Å². The first-order valence-corrected chi connectivity index (χ1v) is 11.4. The highest BCUT2D eigenvalue weighted by Crippen LogP contribution is 2.39. The number of carbonyl (C=O) groups is 1. The Labute approximate surface area is 191 Å². The fraction of sp³-hybridized carbons (Fsp3) is 0.571. The first-order chi connectivity index (χ1) is 16.0. The van der Waals surface area contributed by atoms with Gasteiger partial charge in [-0.15, -0.1) is 10.2 Å². The molecule has 5 rings (SSSR count). The summed E-state index contributed by atoms with van der Waals surface area (Å²) < 4.78 is 0. The van der Waals surface area contributed by atoms with E-state index in [0.717, 1.165) is 31.5 Å². The molecule has 174 valence electrons. The largest absolute Gasteiger partial charge is 0.348 e. The number of aryl methyl sites for hydroxylation is 1. The summed E-state index contributed by atoms with van der Waals surface area (Å²) in [7, 11) is 3.72. The molecule has 0 spiro atoms. The Morgan fingerprint density at radius 3 is 2.76 bits per heavy atom. The second-order valence-corrected chi connectivity index (χ2v) is 8.88. The molecule has 0 unspecified atom stereocenters. The van der Waals surface area contributed by atoms with Crippen molar-refractivity contribution >= 4 is 23.5 Å². The predicted molar refractivity (Wildman–Crippen MR) is 121 cm³/mol. The van der Waals surface area contributed by atoms with Crippen molar-refractivity contribution in [3.63, 3.8) is 0 Å². The molecular formula is C21H29N11O. The topological polar surface area (TPSA) is 142 Å². The van der Waals surface area contributed by atoms with Crippen LogP contribution < -0.4 is 15.5 Å². The lowest BCUT2D eigenvalue weighted by molar-refractivity contribution is -0.126. The molecule has 33 heavy (non-hydrogen) atoms. The van der Waals surface area contributed by atoms with Gasteiger partial charge in [0.25, 0.3) is 0 Å². The van der Waals surface area contributed by atoms with Crippen LogP contribution in [-0.4, -0.2) is 59.4 Å². The lowest BCUT2D eigenvalue weighted by atomic mass is 9.85. The van der Waals surface area contributed by atoms with Crippen LogP contribution in [0.1, 0.15) is 56.0 Å². The maximum absolute atomic E-state index is 12.5. The zero-order chi connectivity index (χ0) is 22.8. The van der Waals surface area contributed by atoms with Crippen LogP contribution >= 0.6 is 0 Å². The van der Waals surface area contributed by atoms with Crippen LogP contribution in [0.3, 0.4) is 0 Å². The summed E-state index contributed by atoms with van der Waals surface area (Å²) >= 11 is 0. The number of rotatable bonds is 8. The third kappa shape index (κ3) is 5.10. The molecule has 0 bridgehead atoms. The van der Waals surface area contributed by atoms with Crippen molar-refractivity contribution in [3.8, 4) is 0 Å². The van der Waals surface area contributed by atoms with Crippen LogP contribution in [0.2, 0.25) is 0 Å². The van der Waals surface area contributed by atoms with Gasteiger partial charge in [0.05, 0.1) is 13.6 Å². The second-order valence-electron chi connectivity index (χ2n) is 8.88. The Morgan fingerprint density at radius 2 is 2.03 bits per heavy atom. The predicted octanol–water partition coefficient (Wildman–Crippen LogP) is 1.66. The maximum Gasteiger partial charge on any atom is 0.227 e. The molecule has 2 aliphatic rings. The molecule has 1 amide bonds. The summed E-state index contributed by atoms with van der Waals surface area (Å²) in [5.74, 6) is 3.35. The first kappa shape index (κ1) is 21.3. The molecule has 2 aliphatic carbocycles. The summed E-state index contributed by atoms with van der Waals surface area (Å²) in [4.78, 5) is 25.2. The van der Waals surface area contributed by atoms with Crippen molar-refractivity contribution < 1.29 is 4.79 Å². The van der Waals surface area contributed by atoms with Gasteiger partial charge in [-0.2, -0.15) is 14.9 Å². The van der Waals surface area contributed by atoms with Crippen LogP contribution in [0.15, 0.2) is 18.3 Å². The highest BCUT2D eigenvalue weighted by atomic mass is 16.1. The number of H-pyrrole nitrogens is 1. The standard InChI is InChI=1S/C21H29N11O/c1-31(15-7-5-14(6-8-15)20(33)23-12-19-28-30-32(2)29-19)21-22-10-9-17(25-21)24-18-11-16(26-27-18)13-3-4-13/h9-11,13-15H,3-8,12H2,1-2H3,(H,23,33)(H2,22,24,25,26,27)/t14-,15-. The lowest BCUT2D eigenvalue weighted by Gasteiger charge is -2.34. The zero-order valence-corrected chi connectivity index (χ0v) is 18.9. The minimum atomic E-state index is 0.000527. The van der Waals surface area contributed by atoms with Crippen LogP contribution in [-0.2, 0) is 18.4 Å². The van der Waals surface area contributed by atoms with Gasteiger partial charge < -0.3 is 15.5 Å². The first-order valence-electron chi connectivity index (χ1n) is 11.4. The van der Waals surface area contributed by atoms with Crippen LogP contribution in [0.5, 0.6) is 0 Å². The van der Waals surface area contributed by atoms with Gasteiger partial charge in [0.2, 0.25) is 11.9 Å². The third-order valence-electron chi connectivity index (χ3n) is 6.42. The smallest absolute Gasteiger partial charge is 0.227 e. The molecule has 3 heterocycles. The zero-order valence-electron chi connectivity index (χ0n) is 18.9. The lowest BCUT2D eigenvalue weighted by Crippen LogP contribution is -2.40. The SMILES string of the molecule is Cn1nnc(CNC(=O)[C@H]2CC[C@H](N(C)c3nccc(Nc4cc(C5CC5)[nH]n4)n3)CC2)n1. The Kier molecular flexibility index (Phi) is 5.88. The maximum atomic E-state index is 12.5. The van der Waals surface area contributed by atoms with Gasteiger partial charge in [0.1, 0.15) is 5.82 Å². The molecule has 3 N–H and O–H groups in total. The van der Waals surface area contributed by atoms with Crippen molar-refractivity contribution in [1.29, 1.82) is 0 Å². The number of aromatic amines is 1. The molecule has 2 fully saturated rings.